The molecule has 2 aromatic heterocycles. The summed E-state index contributed by atoms with van der Waals surface area (Å²) in [6, 6.07) is 3.58. The van der Waals surface area contributed by atoms with Crippen molar-refractivity contribution < 1.29 is 4.79 Å². The number of rotatable bonds is 0. The van der Waals surface area contributed by atoms with Crippen molar-refractivity contribution in [2.75, 3.05) is 5.32 Å². The van der Waals surface area contributed by atoms with E-state index in [0.29, 0.717) is 22.6 Å². The molecule has 1 aliphatic rings. The van der Waals surface area contributed by atoms with Gasteiger partial charge in [-0.15, -0.1) is 0 Å². The molecule has 3 heterocycles. The van der Waals surface area contributed by atoms with Gasteiger partial charge >= 0.3 is 0 Å². The van der Waals surface area contributed by atoms with Gasteiger partial charge in [0.05, 0.1) is 22.6 Å². The number of fused-ring (bicyclic) bond motifs is 2. The summed E-state index contributed by atoms with van der Waals surface area (Å²) in [7, 11) is 0. The first-order valence-electron chi connectivity index (χ1n) is 5.09. The summed E-state index contributed by atoms with van der Waals surface area (Å²) in [5.74, 6) is -0.223. The Bertz CT molecular complexity index is 621. The summed E-state index contributed by atoms with van der Waals surface area (Å²) >= 11 is 0. The number of nitrogens with one attached hydrogen (secondary N) is 1. The maximum atomic E-state index is 12.0. The standard InChI is InChI=1S/C12H8N4O/c17-12-8-6-13-7-15-9(8)3-4-10-11(16-12)2-1-5-14-10/h1-7H,(H,16,17). The van der Waals surface area contributed by atoms with E-state index in [2.05, 4.69) is 20.3 Å². The van der Waals surface area contributed by atoms with Crippen LogP contribution in [0.1, 0.15) is 21.7 Å². The van der Waals surface area contributed by atoms with E-state index in [0.717, 1.165) is 0 Å². The van der Waals surface area contributed by atoms with Gasteiger partial charge < -0.3 is 5.32 Å². The van der Waals surface area contributed by atoms with E-state index in [9.17, 15) is 4.79 Å². The van der Waals surface area contributed by atoms with Crippen molar-refractivity contribution in [2.45, 2.75) is 0 Å². The van der Waals surface area contributed by atoms with E-state index >= 15 is 0 Å². The molecule has 0 saturated carbocycles. The number of anilines is 1. The number of nitrogens with zero attached hydrogens (tertiary/aromatic N) is 3. The van der Waals surface area contributed by atoms with Crippen molar-refractivity contribution in [1.29, 1.82) is 0 Å². The molecule has 0 radical (unpaired) electrons. The van der Waals surface area contributed by atoms with Crippen LogP contribution in [0.2, 0.25) is 0 Å². The molecule has 82 valence electrons. The molecule has 3 rings (SSSR count). The van der Waals surface area contributed by atoms with E-state index in [1.165, 1.54) is 12.5 Å². The minimum Gasteiger partial charge on any atom is -0.320 e. The second kappa shape index (κ2) is 3.79. The average Bonchev–Trinajstić information content (AvgIpc) is 2.36. The van der Waals surface area contributed by atoms with Crippen molar-refractivity contribution in [2.24, 2.45) is 0 Å². The van der Waals surface area contributed by atoms with Gasteiger partial charge in [0.25, 0.3) is 5.91 Å². The Hall–Kier alpha value is -2.56. The fraction of sp³-hybridized carbons (Fsp3) is 0. The molecule has 17 heavy (non-hydrogen) atoms. The van der Waals surface area contributed by atoms with E-state index in [4.69, 9.17) is 0 Å². The van der Waals surface area contributed by atoms with Crippen LogP contribution in [-0.2, 0) is 0 Å². The van der Waals surface area contributed by atoms with Crippen molar-refractivity contribution >= 4 is 23.7 Å². The fourth-order valence-corrected chi connectivity index (χ4v) is 1.65. The highest BCUT2D eigenvalue weighted by Gasteiger charge is 2.15. The number of pyridine rings is 1. The summed E-state index contributed by atoms with van der Waals surface area (Å²) < 4.78 is 0. The third kappa shape index (κ3) is 1.67. The van der Waals surface area contributed by atoms with Crippen LogP contribution in [0, 0.1) is 0 Å². The van der Waals surface area contributed by atoms with Crippen molar-refractivity contribution in [3.05, 3.63) is 47.8 Å². The Balaban J connectivity index is 2.19. The zero-order valence-corrected chi connectivity index (χ0v) is 8.79. The monoisotopic (exact) mass is 224 g/mol. The molecule has 1 aliphatic heterocycles. The van der Waals surface area contributed by atoms with Crippen LogP contribution in [0.25, 0.3) is 12.2 Å². The van der Waals surface area contributed by atoms with Gasteiger partial charge in [-0.1, -0.05) is 0 Å². The quantitative estimate of drug-likeness (QED) is 0.738. The lowest BCUT2D eigenvalue weighted by Crippen LogP contribution is -2.16. The largest absolute Gasteiger partial charge is 0.320 e. The van der Waals surface area contributed by atoms with Crippen LogP contribution >= 0.6 is 0 Å². The summed E-state index contributed by atoms with van der Waals surface area (Å²) in [6.45, 7) is 0. The lowest BCUT2D eigenvalue weighted by molar-refractivity contribution is 0.102. The number of hydrogen-bond acceptors (Lipinski definition) is 4. The minimum absolute atomic E-state index is 0.223. The second-order valence-corrected chi connectivity index (χ2v) is 3.55. The van der Waals surface area contributed by atoms with Gasteiger partial charge in [0.15, 0.2) is 0 Å². The third-order valence-corrected chi connectivity index (χ3v) is 2.47. The molecule has 1 amide bonds. The SMILES string of the molecule is O=C1Nc2cccnc2/C=C\c2ncncc21. The van der Waals surface area contributed by atoms with E-state index in [1.54, 1.807) is 24.4 Å². The summed E-state index contributed by atoms with van der Waals surface area (Å²) in [6.07, 6.45) is 8.18. The predicted octanol–water partition coefficient (Wildman–Crippen LogP) is 1.61. The number of hydrogen-bond donors (Lipinski definition) is 1. The van der Waals surface area contributed by atoms with Gasteiger partial charge in [-0.05, 0) is 24.3 Å². The second-order valence-electron chi connectivity index (χ2n) is 3.55. The first-order chi connectivity index (χ1) is 8.34. The van der Waals surface area contributed by atoms with Crippen LogP contribution in [0.3, 0.4) is 0 Å². The maximum Gasteiger partial charge on any atom is 0.259 e. The Morgan fingerprint density at radius 1 is 1.12 bits per heavy atom. The van der Waals surface area contributed by atoms with Gasteiger partial charge in [0.2, 0.25) is 0 Å². The Morgan fingerprint density at radius 2 is 2.00 bits per heavy atom. The van der Waals surface area contributed by atoms with Crippen molar-refractivity contribution in [1.82, 2.24) is 15.0 Å². The molecule has 0 atom stereocenters. The highest BCUT2D eigenvalue weighted by molar-refractivity contribution is 6.08. The highest BCUT2D eigenvalue weighted by Crippen LogP contribution is 2.20. The number of aromatic nitrogens is 3. The molecule has 0 unspecified atom stereocenters. The number of amides is 1. The molecule has 2 aromatic rings. The third-order valence-electron chi connectivity index (χ3n) is 2.47. The summed E-state index contributed by atoms with van der Waals surface area (Å²) in [5.41, 5.74) is 2.44. The van der Waals surface area contributed by atoms with Crippen LogP contribution in [0.4, 0.5) is 5.69 Å². The average molecular weight is 224 g/mol. The predicted molar refractivity (Wildman–Crippen MR) is 63.2 cm³/mol. The molecular formula is C12H8N4O. The van der Waals surface area contributed by atoms with E-state index in [1.807, 2.05) is 6.08 Å². The van der Waals surface area contributed by atoms with Gasteiger partial charge in [-0.25, -0.2) is 9.97 Å². The van der Waals surface area contributed by atoms with Crippen LogP contribution in [-0.4, -0.2) is 20.9 Å². The summed E-state index contributed by atoms with van der Waals surface area (Å²) in [5, 5.41) is 2.79. The fourth-order valence-electron chi connectivity index (χ4n) is 1.65. The van der Waals surface area contributed by atoms with Gasteiger partial charge in [-0.3, -0.25) is 9.78 Å². The van der Waals surface area contributed by atoms with Crippen molar-refractivity contribution in [3.63, 3.8) is 0 Å². The molecule has 0 aliphatic carbocycles. The van der Waals surface area contributed by atoms with Gasteiger partial charge in [0.1, 0.15) is 6.33 Å². The molecule has 0 fully saturated rings. The molecular weight excluding hydrogens is 216 g/mol. The first-order valence-corrected chi connectivity index (χ1v) is 5.09. The van der Waals surface area contributed by atoms with Crippen LogP contribution in [0.5, 0.6) is 0 Å². The zero-order chi connectivity index (χ0) is 11.7. The van der Waals surface area contributed by atoms with Crippen LogP contribution < -0.4 is 5.32 Å². The number of carbonyl (C=O) groups is 1. The number of carbonyl (C=O) groups excluding carboxylic acids is 1. The van der Waals surface area contributed by atoms with Gasteiger partial charge in [0, 0.05) is 12.4 Å². The minimum atomic E-state index is -0.223. The highest BCUT2D eigenvalue weighted by atomic mass is 16.1. The topological polar surface area (TPSA) is 67.8 Å². The van der Waals surface area contributed by atoms with E-state index in [-0.39, 0.29) is 5.91 Å². The molecule has 5 nitrogen and oxygen atoms in total. The molecule has 0 bridgehead atoms. The Kier molecular flexibility index (Phi) is 2.15. The first kappa shape index (κ1) is 9.65. The lowest BCUT2D eigenvalue weighted by Gasteiger charge is -2.11. The molecule has 0 saturated heterocycles. The molecule has 0 spiro atoms. The maximum absolute atomic E-state index is 12.0. The van der Waals surface area contributed by atoms with E-state index < -0.39 is 0 Å². The molecule has 1 N–H and O–H groups in total. The lowest BCUT2D eigenvalue weighted by atomic mass is 10.1. The Labute approximate surface area is 97.3 Å². The smallest absolute Gasteiger partial charge is 0.259 e. The van der Waals surface area contributed by atoms with Crippen molar-refractivity contribution in [3.8, 4) is 0 Å². The van der Waals surface area contributed by atoms with Gasteiger partial charge in [-0.2, -0.15) is 0 Å². The van der Waals surface area contributed by atoms with Crippen LogP contribution in [0.15, 0.2) is 30.9 Å². The zero-order valence-electron chi connectivity index (χ0n) is 8.79. The summed E-state index contributed by atoms with van der Waals surface area (Å²) in [4.78, 5) is 24.1. The molecule has 0 aromatic carbocycles. The normalized spacial score (nSPS) is 14.9. The Morgan fingerprint density at radius 3 is 2.94 bits per heavy atom. The molecule has 5 heteroatoms.